The van der Waals surface area contributed by atoms with Crippen LogP contribution in [0.5, 0.6) is 0 Å². The van der Waals surface area contributed by atoms with Crippen molar-refractivity contribution in [2.75, 3.05) is 0 Å². The van der Waals surface area contributed by atoms with Crippen LogP contribution >= 0.6 is 0 Å². The molecule has 3 aliphatic carbocycles. The summed E-state index contributed by atoms with van der Waals surface area (Å²) in [4.78, 5) is 12.1. The molecule has 3 rings (SSSR count). The van der Waals surface area contributed by atoms with Gasteiger partial charge in [-0.1, -0.05) is 39.0 Å². The van der Waals surface area contributed by atoms with Gasteiger partial charge < -0.3 is 5.11 Å². The molecule has 0 aromatic heterocycles. The number of aliphatic carboxylic acids is 1. The molecule has 3 fully saturated rings. The molecule has 3 saturated carbocycles. The van der Waals surface area contributed by atoms with Gasteiger partial charge in [0.2, 0.25) is 0 Å². The molecule has 0 amide bonds. The fraction of sp³-hybridized carbons (Fsp3) is 0.938. The molecule has 2 heteroatoms. The Morgan fingerprint density at radius 2 is 2.00 bits per heavy atom. The number of fused-ring (bicyclic) bond motifs is 2. The first-order valence-electron chi connectivity index (χ1n) is 7.92. The second-order valence-corrected chi connectivity index (χ2v) is 6.98. The molecule has 0 radical (unpaired) electrons. The van der Waals surface area contributed by atoms with Crippen molar-refractivity contribution in [1.29, 1.82) is 0 Å². The molecule has 0 aromatic carbocycles. The zero-order valence-corrected chi connectivity index (χ0v) is 11.5. The number of carboxylic acids is 1. The van der Waals surface area contributed by atoms with Crippen molar-refractivity contribution >= 4 is 5.97 Å². The quantitative estimate of drug-likeness (QED) is 0.819. The Kier molecular flexibility index (Phi) is 3.15. The van der Waals surface area contributed by atoms with E-state index in [-0.39, 0.29) is 5.41 Å². The second-order valence-electron chi connectivity index (χ2n) is 6.98. The summed E-state index contributed by atoms with van der Waals surface area (Å²) in [7, 11) is 0. The van der Waals surface area contributed by atoms with Gasteiger partial charge >= 0.3 is 5.97 Å². The standard InChI is InChI=1S/C16H26O2/c1-2-12-5-3-4-6-14(12)16(15(17)18)10-11-7-8-13(16)9-11/h11-14H,2-10H2,1H3,(H,17,18). The molecule has 102 valence electrons. The summed E-state index contributed by atoms with van der Waals surface area (Å²) in [5.41, 5.74) is -0.329. The van der Waals surface area contributed by atoms with Crippen LogP contribution in [-0.4, -0.2) is 11.1 Å². The maximum absolute atomic E-state index is 12.1. The molecule has 2 bridgehead atoms. The summed E-state index contributed by atoms with van der Waals surface area (Å²) in [6, 6.07) is 0. The fourth-order valence-electron chi connectivity index (χ4n) is 5.62. The van der Waals surface area contributed by atoms with Crippen LogP contribution in [0, 0.1) is 29.1 Å². The Morgan fingerprint density at radius 3 is 2.56 bits per heavy atom. The van der Waals surface area contributed by atoms with Gasteiger partial charge in [-0.25, -0.2) is 0 Å². The highest BCUT2D eigenvalue weighted by molar-refractivity contribution is 5.76. The van der Waals surface area contributed by atoms with Gasteiger partial charge in [-0.2, -0.15) is 0 Å². The number of carbonyl (C=O) groups is 1. The topological polar surface area (TPSA) is 37.3 Å². The molecule has 1 N–H and O–H groups in total. The van der Waals surface area contributed by atoms with Crippen molar-refractivity contribution in [3.8, 4) is 0 Å². The van der Waals surface area contributed by atoms with Crippen molar-refractivity contribution in [3.63, 3.8) is 0 Å². The molecular weight excluding hydrogens is 224 g/mol. The lowest BCUT2D eigenvalue weighted by molar-refractivity contribution is -0.161. The molecule has 0 saturated heterocycles. The average molecular weight is 250 g/mol. The molecule has 0 aromatic rings. The van der Waals surface area contributed by atoms with Crippen LogP contribution in [0.2, 0.25) is 0 Å². The SMILES string of the molecule is CCC1CCCCC1C1(C(=O)O)CC2CCC1C2. The minimum absolute atomic E-state index is 0.329. The molecule has 0 aliphatic heterocycles. The van der Waals surface area contributed by atoms with Gasteiger partial charge in [0.15, 0.2) is 0 Å². The Hall–Kier alpha value is -0.530. The highest BCUT2D eigenvalue weighted by atomic mass is 16.4. The van der Waals surface area contributed by atoms with Crippen molar-refractivity contribution < 1.29 is 9.90 Å². The van der Waals surface area contributed by atoms with Gasteiger partial charge in [0.1, 0.15) is 0 Å². The van der Waals surface area contributed by atoms with E-state index in [9.17, 15) is 9.90 Å². The first-order chi connectivity index (χ1) is 8.68. The van der Waals surface area contributed by atoms with E-state index in [2.05, 4.69) is 6.92 Å². The zero-order valence-electron chi connectivity index (χ0n) is 11.5. The van der Waals surface area contributed by atoms with E-state index >= 15 is 0 Å². The van der Waals surface area contributed by atoms with Gasteiger partial charge in [-0.3, -0.25) is 4.79 Å². The monoisotopic (exact) mass is 250 g/mol. The summed E-state index contributed by atoms with van der Waals surface area (Å²) < 4.78 is 0. The highest BCUT2D eigenvalue weighted by Gasteiger charge is 2.60. The van der Waals surface area contributed by atoms with Crippen molar-refractivity contribution in [3.05, 3.63) is 0 Å². The van der Waals surface area contributed by atoms with Crippen LogP contribution in [0.3, 0.4) is 0 Å². The minimum atomic E-state index is -0.458. The maximum Gasteiger partial charge on any atom is 0.310 e. The minimum Gasteiger partial charge on any atom is -0.481 e. The van der Waals surface area contributed by atoms with Gasteiger partial charge in [0, 0.05) is 0 Å². The predicted molar refractivity (Wildman–Crippen MR) is 71.3 cm³/mol. The zero-order chi connectivity index (χ0) is 12.8. The second kappa shape index (κ2) is 4.54. The first kappa shape index (κ1) is 12.5. The van der Waals surface area contributed by atoms with Crippen molar-refractivity contribution in [2.45, 2.75) is 64.7 Å². The van der Waals surface area contributed by atoms with E-state index in [4.69, 9.17) is 0 Å². The molecular formula is C16H26O2. The van der Waals surface area contributed by atoms with Crippen molar-refractivity contribution in [2.24, 2.45) is 29.1 Å². The first-order valence-corrected chi connectivity index (χ1v) is 7.92. The van der Waals surface area contributed by atoms with Crippen LogP contribution in [0.4, 0.5) is 0 Å². The van der Waals surface area contributed by atoms with Crippen LogP contribution in [-0.2, 0) is 4.79 Å². The molecule has 0 spiro atoms. The molecule has 5 atom stereocenters. The number of hydrogen-bond acceptors (Lipinski definition) is 1. The Bertz CT molecular complexity index is 338. The van der Waals surface area contributed by atoms with Gasteiger partial charge in [0.25, 0.3) is 0 Å². The van der Waals surface area contributed by atoms with Gasteiger partial charge in [-0.15, -0.1) is 0 Å². The maximum atomic E-state index is 12.1. The number of rotatable bonds is 3. The van der Waals surface area contributed by atoms with Crippen LogP contribution in [0.25, 0.3) is 0 Å². The largest absolute Gasteiger partial charge is 0.481 e. The molecule has 18 heavy (non-hydrogen) atoms. The average Bonchev–Trinajstić information content (AvgIpc) is 2.99. The van der Waals surface area contributed by atoms with E-state index in [1.807, 2.05) is 0 Å². The Morgan fingerprint density at radius 1 is 1.22 bits per heavy atom. The molecule has 2 nitrogen and oxygen atoms in total. The summed E-state index contributed by atoms with van der Waals surface area (Å²) in [6.07, 6.45) is 10.9. The molecule has 3 aliphatic rings. The lowest BCUT2D eigenvalue weighted by atomic mass is 9.57. The third-order valence-corrected chi connectivity index (χ3v) is 6.39. The lowest BCUT2D eigenvalue weighted by Gasteiger charge is -2.46. The summed E-state index contributed by atoms with van der Waals surface area (Å²) in [5.74, 6) is 1.92. The Labute approximate surface area is 110 Å². The lowest BCUT2D eigenvalue weighted by Crippen LogP contribution is -2.47. The third-order valence-electron chi connectivity index (χ3n) is 6.39. The van der Waals surface area contributed by atoms with Crippen molar-refractivity contribution in [1.82, 2.24) is 0 Å². The Balaban J connectivity index is 1.92. The summed E-state index contributed by atoms with van der Waals surface area (Å²) in [5, 5.41) is 9.95. The highest BCUT2D eigenvalue weighted by Crippen LogP contribution is 2.63. The van der Waals surface area contributed by atoms with Crippen LogP contribution < -0.4 is 0 Å². The van der Waals surface area contributed by atoms with E-state index in [0.717, 1.165) is 12.3 Å². The van der Waals surface area contributed by atoms with Gasteiger partial charge in [-0.05, 0) is 49.4 Å². The number of hydrogen-bond donors (Lipinski definition) is 1. The number of carboxylic acid groups (broad SMARTS) is 1. The molecule has 0 heterocycles. The van der Waals surface area contributed by atoms with E-state index in [1.165, 1.54) is 51.4 Å². The smallest absolute Gasteiger partial charge is 0.310 e. The normalized spacial score (nSPS) is 47.4. The molecule has 5 unspecified atom stereocenters. The summed E-state index contributed by atoms with van der Waals surface area (Å²) >= 11 is 0. The van der Waals surface area contributed by atoms with Gasteiger partial charge in [0.05, 0.1) is 5.41 Å². The summed E-state index contributed by atoms with van der Waals surface area (Å²) in [6.45, 7) is 2.26. The van der Waals surface area contributed by atoms with Crippen LogP contribution in [0.1, 0.15) is 64.7 Å². The predicted octanol–water partition coefficient (Wildman–Crippen LogP) is 4.09. The fourth-order valence-corrected chi connectivity index (χ4v) is 5.62. The van der Waals surface area contributed by atoms with E-state index < -0.39 is 5.97 Å². The van der Waals surface area contributed by atoms with Crippen LogP contribution in [0.15, 0.2) is 0 Å². The van der Waals surface area contributed by atoms with E-state index in [0.29, 0.717) is 17.8 Å². The third kappa shape index (κ3) is 1.64. The van der Waals surface area contributed by atoms with E-state index in [1.54, 1.807) is 0 Å².